The van der Waals surface area contributed by atoms with E-state index in [0.29, 0.717) is 47.8 Å². The molecule has 0 amide bonds. The van der Waals surface area contributed by atoms with Crippen LogP contribution in [-0.2, 0) is 17.8 Å². The van der Waals surface area contributed by atoms with E-state index >= 15 is 0 Å². The molecule has 2 N–H and O–H groups in total. The van der Waals surface area contributed by atoms with Crippen molar-refractivity contribution >= 4 is 5.97 Å². The summed E-state index contributed by atoms with van der Waals surface area (Å²) in [5.74, 6) is -0.332. The van der Waals surface area contributed by atoms with Crippen LogP contribution in [0.2, 0.25) is 0 Å². The van der Waals surface area contributed by atoms with Crippen LogP contribution >= 0.6 is 0 Å². The quantitative estimate of drug-likeness (QED) is 0.492. The van der Waals surface area contributed by atoms with Crippen molar-refractivity contribution in [3.8, 4) is 23.0 Å². The van der Waals surface area contributed by atoms with E-state index in [4.69, 9.17) is 24.4 Å². The average Bonchev–Trinajstić information content (AvgIpc) is 3.40. The zero-order valence-corrected chi connectivity index (χ0v) is 18.1. The second-order valence-corrected chi connectivity index (χ2v) is 8.40. The molecule has 34 heavy (non-hydrogen) atoms. The first kappa shape index (κ1) is 22.2. The lowest BCUT2D eigenvalue weighted by atomic mass is 9.98. The number of aliphatic carboxylic acids is 1. The van der Waals surface area contributed by atoms with Gasteiger partial charge in [-0.25, -0.2) is 8.78 Å². The summed E-state index contributed by atoms with van der Waals surface area (Å²) in [6, 6.07) is 12.2. The number of aliphatic hydroxyl groups is 1. The van der Waals surface area contributed by atoms with Gasteiger partial charge >= 0.3 is 5.97 Å². The minimum atomic E-state index is -0.884. The van der Waals surface area contributed by atoms with Gasteiger partial charge in [0.2, 0.25) is 0 Å². The Hall–Kier alpha value is -3.65. The van der Waals surface area contributed by atoms with Crippen LogP contribution in [0.15, 0.2) is 48.5 Å². The number of ether oxygens (including phenoxy) is 3. The molecule has 5 rings (SSSR count). The Bertz CT molecular complexity index is 1260. The molecule has 0 spiro atoms. The van der Waals surface area contributed by atoms with Crippen LogP contribution in [0.25, 0.3) is 0 Å². The number of carboxylic acids is 1. The second kappa shape index (κ2) is 8.95. The number of benzene rings is 3. The molecule has 1 aliphatic heterocycles. The number of carboxylic acid groups (broad SMARTS) is 1. The highest BCUT2D eigenvalue weighted by atomic mass is 19.1. The van der Waals surface area contributed by atoms with E-state index in [9.17, 15) is 13.6 Å². The molecule has 2 atom stereocenters. The average molecular weight is 468 g/mol. The smallest absolute Gasteiger partial charge is 0.304 e. The molecule has 1 aliphatic carbocycles. The van der Waals surface area contributed by atoms with Crippen molar-refractivity contribution in [3.63, 3.8) is 0 Å². The number of halogens is 2. The Balaban J connectivity index is 1.37. The molecule has 0 bridgehead atoms. The molecular weight excluding hydrogens is 446 g/mol. The molecule has 176 valence electrons. The van der Waals surface area contributed by atoms with E-state index in [-0.39, 0.29) is 23.7 Å². The van der Waals surface area contributed by atoms with Gasteiger partial charge in [-0.3, -0.25) is 4.79 Å². The largest absolute Gasteiger partial charge is 0.492 e. The number of carbonyl (C=O) groups is 1. The summed E-state index contributed by atoms with van der Waals surface area (Å²) in [6.07, 6.45) is 0.501. The maximum absolute atomic E-state index is 14.8. The van der Waals surface area contributed by atoms with Gasteiger partial charge in [0.05, 0.1) is 19.6 Å². The van der Waals surface area contributed by atoms with Gasteiger partial charge in [-0.1, -0.05) is 12.1 Å². The summed E-state index contributed by atoms with van der Waals surface area (Å²) in [4.78, 5) is 11.0. The molecule has 8 heteroatoms. The number of aliphatic hydroxyl groups excluding tert-OH is 1. The van der Waals surface area contributed by atoms with Gasteiger partial charge < -0.3 is 24.4 Å². The van der Waals surface area contributed by atoms with Gasteiger partial charge in [-0.15, -0.1) is 0 Å². The highest BCUT2D eigenvalue weighted by Gasteiger charge is 2.32. The van der Waals surface area contributed by atoms with Gasteiger partial charge in [0.25, 0.3) is 0 Å². The van der Waals surface area contributed by atoms with Crippen molar-refractivity contribution in [2.45, 2.75) is 37.9 Å². The van der Waals surface area contributed by atoms with Gasteiger partial charge in [0.1, 0.15) is 40.7 Å². The third-order valence-electron chi connectivity index (χ3n) is 6.23. The monoisotopic (exact) mass is 468 g/mol. The second-order valence-electron chi connectivity index (χ2n) is 8.40. The summed E-state index contributed by atoms with van der Waals surface area (Å²) in [5, 5.41) is 18.2. The molecule has 3 aromatic rings. The molecular formula is C26H22F2O6. The lowest BCUT2D eigenvalue weighted by molar-refractivity contribution is -0.137. The topological polar surface area (TPSA) is 85.2 Å². The molecule has 0 fully saturated rings. The third-order valence-corrected chi connectivity index (χ3v) is 6.23. The Morgan fingerprint density at radius 1 is 1.06 bits per heavy atom. The van der Waals surface area contributed by atoms with E-state index in [0.717, 1.165) is 5.56 Å². The predicted molar refractivity (Wildman–Crippen MR) is 117 cm³/mol. The summed E-state index contributed by atoms with van der Waals surface area (Å²) < 4.78 is 46.4. The highest BCUT2D eigenvalue weighted by Crippen LogP contribution is 2.44. The predicted octanol–water partition coefficient (Wildman–Crippen LogP) is 5.27. The molecule has 0 saturated carbocycles. The van der Waals surface area contributed by atoms with Crippen molar-refractivity contribution in [3.05, 3.63) is 82.4 Å². The van der Waals surface area contributed by atoms with E-state index in [1.54, 1.807) is 24.3 Å². The van der Waals surface area contributed by atoms with Crippen LogP contribution < -0.4 is 14.2 Å². The van der Waals surface area contributed by atoms with E-state index in [2.05, 4.69) is 0 Å². The normalized spacial score (nSPS) is 18.2. The Morgan fingerprint density at radius 2 is 1.88 bits per heavy atom. The van der Waals surface area contributed by atoms with Crippen LogP contribution in [0.3, 0.4) is 0 Å². The molecule has 0 radical (unpaired) electrons. The van der Waals surface area contributed by atoms with Gasteiger partial charge in [0, 0.05) is 40.3 Å². The fourth-order valence-corrected chi connectivity index (χ4v) is 4.58. The number of fused-ring (bicyclic) bond motifs is 2. The Kier molecular flexibility index (Phi) is 5.83. The molecule has 6 nitrogen and oxygen atoms in total. The van der Waals surface area contributed by atoms with E-state index < -0.39 is 30.3 Å². The first-order valence-electron chi connectivity index (χ1n) is 11.0. The molecule has 1 heterocycles. The van der Waals surface area contributed by atoms with E-state index in [1.807, 2.05) is 0 Å². The maximum atomic E-state index is 14.8. The maximum Gasteiger partial charge on any atom is 0.304 e. The molecule has 0 saturated heterocycles. The molecule has 2 unspecified atom stereocenters. The number of hydrogen-bond donors (Lipinski definition) is 2. The van der Waals surface area contributed by atoms with Crippen molar-refractivity contribution in [1.82, 2.24) is 0 Å². The van der Waals surface area contributed by atoms with Crippen molar-refractivity contribution in [2.75, 3.05) is 6.61 Å². The Morgan fingerprint density at radius 3 is 2.65 bits per heavy atom. The summed E-state index contributed by atoms with van der Waals surface area (Å²) >= 11 is 0. The summed E-state index contributed by atoms with van der Waals surface area (Å²) in [5.41, 5.74) is 2.05. The lowest BCUT2D eigenvalue weighted by Crippen LogP contribution is -2.07. The molecule has 0 aromatic heterocycles. The van der Waals surface area contributed by atoms with Crippen molar-refractivity contribution in [1.29, 1.82) is 0 Å². The van der Waals surface area contributed by atoms with Crippen LogP contribution in [0, 0.1) is 11.6 Å². The molecule has 2 aliphatic rings. The number of rotatable bonds is 7. The Labute approximate surface area is 194 Å². The lowest BCUT2D eigenvalue weighted by Gasteiger charge is -2.17. The SMILES string of the molecule is O=C(O)CC1COc2cc(OC3CCc4c(Oc5ccc(CO)c(F)c5)ccc(F)c43)ccc21. The van der Waals surface area contributed by atoms with Crippen LogP contribution in [0.5, 0.6) is 23.0 Å². The fraction of sp³-hybridized carbons (Fsp3) is 0.269. The fourth-order valence-electron chi connectivity index (χ4n) is 4.58. The summed E-state index contributed by atoms with van der Waals surface area (Å²) in [7, 11) is 0. The van der Waals surface area contributed by atoms with E-state index in [1.165, 1.54) is 24.3 Å². The van der Waals surface area contributed by atoms with Gasteiger partial charge in [0.15, 0.2) is 0 Å². The van der Waals surface area contributed by atoms with Crippen molar-refractivity contribution in [2.24, 2.45) is 0 Å². The summed E-state index contributed by atoms with van der Waals surface area (Å²) in [6.45, 7) is -0.114. The van der Waals surface area contributed by atoms with Gasteiger partial charge in [-0.2, -0.15) is 0 Å². The highest BCUT2D eigenvalue weighted by molar-refractivity contribution is 5.68. The zero-order chi connectivity index (χ0) is 23.8. The first-order chi connectivity index (χ1) is 16.4. The van der Waals surface area contributed by atoms with Crippen molar-refractivity contribution < 1.29 is 38.0 Å². The first-order valence-corrected chi connectivity index (χ1v) is 11.0. The zero-order valence-electron chi connectivity index (χ0n) is 18.1. The van der Waals surface area contributed by atoms with Crippen LogP contribution in [0.1, 0.15) is 47.1 Å². The number of hydrogen-bond acceptors (Lipinski definition) is 5. The van der Waals surface area contributed by atoms with Crippen LogP contribution in [-0.4, -0.2) is 22.8 Å². The minimum Gasteiger partial charge on any atom is -0.492 e. The third kappa shape index (κ3) is 4.17. The van der Waals surface area contributed by atoms with Gasteiger partial charge in [-0.05, 0) is 37.1 Å². The van der Waals surface area contributed by atoms with Crippen LogP contribution in [0.4, 0.5) is 8.78 Å². The molecule has 3 aromatic carbocycles. The standard InChI is InChI=1S/C26H22F2O6/c27-20-6-8-22(33-16-2-1-14(12-29)21(28)10-16)19-5-7-23(26(19)20)34-17-3-4-18-15(9-25(30)31)13-32-24(18)11-17/h1-4,6,8,10-11,15,23,29H,5,7,9,12-13H2,(H,30,31). The minimum absolute atomic E-state index is 0.0101.